The van der Waals surface area contributed by atoms with Crippen molar-refractivity contribution in [2.24, 2.45) is 0 Å². The van der Waals surface area contributed by atoms with Gasteiger partial charge in [-0.15, -0.1) is 0 Å². The molecule has 2 aromatic rings. The molecule has 3 heteroatoms. The van der Waals surface area contributed by atoms with Crippen molar-refractivity contribution < 1.29 is 4.39 Å². The van der Waals surface area contributed by atoms with E-state index < -0.39 is 0 Å². The molecule has 1 unspecified atom stereocenters. The van der Waals surface area contributed by atoms with Gasteiger partial charge in [-0.25, -0.2) is 11.0 Å². The van der Waals surface area contributed by atoms with Crippen LogP contribution in [0.1, 0.15) is 16.5 Å². The number of benzene rings is 2. The van der Waals surface area contributed by atoms with E-state index in [4.69, 9.17) is 6.57 Å². The summed E-state index contributed by atoms with van der Waals surface area (Å²) in [5.41, 5.74) is 2.05. The molecule has 0 aliphatic rings. The van der Waals surface area contributed by atoms with Crippen LogP contribution in [0.25, 0.3) is 4.85 Å². The van der Waals surface area contributed by atoms with Crippen LogP contribution in [-0.2, 0) is 5.75 Å². The van der Waals surface area contributed by atoms with Gasteiger partial charge in [0.1, 0.15) is 5.82 Å². The molecule has 0 radical (unpaired) electrons. The van der Waals surface area contributed by atoms with Crippen molar-refractivity contribution in [3.63, 3.8) is 0 Å². The standard InChI is InChI=1S/C15H12FNS/c1-17-15(13-7-9-14(16)10-8-13)18-11-12-5-3-2-4-6-12/h2-10,15H,11H2. The fourth-order valence-corrected chi connectivity index (χ4v) is 2.55. The minimum absolute atomic E-state index is 0.268. The van der Waals surface area contributed by atoms with E-state index in [1.165, 1.54) is 17.7 Å². The van der Waals surface area contributed by atoms with Crippen LogP contribution in [0.15, 0.2) is 54.6 Å². The fourth-order valence-electron chi connectivity index (χ4n) is 1.58. The van der Waals surface area contributed by atoms with E-state index in [2.05, 4.69) is 4.85 Å². The van der Waals surface area contributed by atoms with Gasteiger partial charge in [0, 0.05) is 11.3 Å². The Hall–Kier alpha value is -1.79. The highest BCUT2D eigenvalue weighted by Crippen LogP contribution is 2.32. The summed E-state index contributed by atoms with van der Waals surface area (Å²) in [6.07, 6.45) is 0. The number of nitrogens with zero attached hydrogens (tertiary/aromatic N) is 1. The molecule has 1 atom stereocenters. The molecular formula is C15H12FNS. The summed E-state index contributed by atoms with van der Waals surface area (Å²) < 4.78 is 12.8. The fraction of sp³-hybridized carbons (Fsp3) is 0.133. The van der Waals surface area contributed by atoms with Crippen molar-refractivity contribution in [2.75, 3.05) is 0 Å². The molecule has 0 fully saturated rings. The van der Waals surface area contributed by atoms with Crippen LogP contribution in [0.2, 0.25) is 0 Å². The van der Waals surface area contributed by atoms with Gasteiger partial charge in [0.25, 0.3) is 5.37 Å². The summed E-state index contributed by atoms with van der Waals surface area (Å²) in [6, 6.07) is 16.2. The Morgan fingerprint density at radius 3 is 2.33 bits per heavy atom. The quantitative estimate of drug-likeness (QED) is 0.720. The molecule has 0 bridgehead atoms. The first kappa shape index (κ1) is 12.7. The molecule has 0 amide bonds. The van der Waals surface area contributed by atoms with E-state index >= 15 is 0 Å². The first-order chi connectivity index (χ1) is 8.79. The van der Waals surface area contributed by atoms with E-state index in [0.717, 1.165) is 11.3 Å². The number of hydrogen-bond acceptors (Lipinski definition) is 1. The number of halogens is 1. The van der Waals surface area contributed by atoms with Crippen molar-refractivity contribution in [3.8, 4) is 0 Å². The molecule has 2 aromatic carbocycles. The van der Waals surface area contributed by atoms with Gasteiger partial charge in [0.05, 0.1) is 0 Å². The van der Waals surface area contributed by atoms with Crippen LogP contribution in [0.3, 0.4) is 0 Å². The Kier molecular flexibility index (Phi) is 4.38. The van der Waals surface area contributed by atoms with Crippen LogP contribution >= 0.6 is 11.8 Å². The molecule has 0 heterocycles. The first-order valence-corrected chi connectivity index (χ1v) is 6.62. The number of thioether (sulfide) groups is 1. The number of hydrogen-bond donors (Lipinski definition) is 0. The summed E-state index contributed by atoms with van der Waals surface area (Å²) in [7, 11) is 0. The van der Waals surface area contributed by atoms with Gasteiger partial charge >= 0.3 is 0 Å². The maximum Gasteiger partial charge on any atom is 0.294 e. The lowest BCUT2D eigenvalue weighted by Gasteiger charge is -2.05. The van der Waals surface area contributed by atoms with Gasteiger partial charge in [-0.2, -0.15) is 0 Å². The molecule has 0 aliphatic heterocycles. The molecule has 0 spiro atoms. The Balaban J connectivity index is 2.02. The SMILES string of the molecule is [C-]#[N+]C(SCc1ccccc1)c1ccc(F)cc1. The van der Waals surface area contributed by atoms with Crippen molar-refractivity contribution in [1.82, 2.24) is 0 Å². The van der Waals surface area contributed by atoms with Crippen LogP contribution in [-0.4, -0.2) is 0 Å². The summed E-state index contributed by atoms with van der Waals surface area (Å²) in [5, 5.41) is -0.272. The smallest absolute Gasteiger partial charge is 0.294 e. The second-order valence-electron chi connectivity index (χ2n) is 3.83. The summed E-state index contributed by atoms with van der Waals surface area (Å²) in [4.78, 5) is 3.59. The van der Waals surface area contributed by atoms with Crippen LogP contribution in [0.5, 0.6) is 0 Å². The van der Waals surface area contributed by atoms with Gasteiger partial charge in [-0.1, -0.05) is 42.1 Å². The maximum absolute atomic E-state index is 12.8. The van der Waals surface area contributed by atoms with Crippen molar-refractivity contribution in [3.05, 3.63) is 83.0 Å². The molecular weight excluding hydrogens is 245 g/mol. The molecule has 0 aliphatic carbocycles. The normalized spacial score (nSPS) is 11.8. The zero-order valence-corrected chi connectivity index (χ0v) is 10.5. The third kappa shape index (κ3) is 3.35. The largest absolute Gasteiger partial charge is 0.297 e. The minimum Gasteiger partial charge on any atom is -0.297 e. The summed E-state index contributed by atoms with van der Waals surface area (Å²) in [5.74, 6) is 0.515. The molecule has 1 nitrogen and oxygen atoms in total. The Morgan fingerprint density at radius 1 is 1.06 bits per heavy atom. The topological polar surface area (TPSA) is 4.36 Å². The van der Waals surface area contributed by atoms with E-state index in [9.17, 15) is 4.39 Å². The van der Waals surface area contributed by atoms with E-state index in [1.54, 1.807) is 23.9 Å². The van der Waals surface area contributed by atoms with E-state index in [-0.39, 0.29) is 11.2 Å². The molecule has 90 valence electrons. The highest BCUT2D eigenvalue weighted by molar-refractivity contribution is 7.98. The van der Waals surface area contributed by atoms with Crippen molar-refractivity contribution in [1.29, 1.82) is 0 Å². The summed E-state index contributed by atoms with van der Waals surface area (Å²) >= 11 is 1.56. The maximum atomic E-state index is 12.8. The van der Waals surface area contributed by atoms with Gasteiger partial charge in [-0.3, -0.25) is 4.85 Å². The van der Waals surface area contributed by atoms with E-state index in [1.807, 2.05) is 30.3 Å². The number of rotatable bonds is 4. The first-order valence-electron chi connectivity index (χ1n) is 5.57. The second kappa shape index (κ2) is 6.23. The van der Waals surface area contributed by atoms with Crippen LogP contribution < -0.4 is 0 Å². The lowest BCUT2D eigenvalue weighted by atomic mass is 10.2. The van der Waals surface area contributed by atoms with Crippen molar-refractivity contribution in [2.45, 2.75) is 11.1 Å². The predicted molar refractivity (Wildman–Crippen MR) is 73.5 cm³/mol. The lowest BCUT2D eigenvalue weighted by molar-refractivity contribution is 0.627. The average Bonchev–Trinajstić information content (AvgIpc) is 2.42. The Bertz CT molecular complexity index is 531. The van der Waals surface area contributed by atoms with Gasteiger partial charge < -0.3 is 0 Å². The predicted octanol–water partition coefficient (Wildman–Crippen LogP) is 4.68. The minimum atomic E-state index is -0.272. The van der Waals surface area contributed by atoms with Crippen LogP contribution in [0, 0.1) is 12.4 Å². The third-order valence-corrected chi connectivity index (χ3v) is 3.72. The molecule has 0 saturated heterocycles. The van der Waals surface area contributed by atoms with Crippen LogP contribution in [0.4, 0.5) is 4.39 Å². The summed E-state index contributed by atoms with van der Waals surface area (Å²) in [6.45, 7) is 7.23. The highest BCUT2D eigenvalue weighted by atomic mass is 32.2. The molecule has 0 aromatic heterocycles. The van der Waals surface area contributed by atoms with Gasteiger partial charge in [0.2, 0.25) is 0 Å². The third-order valence-electron chi connectivity index (χ3n) is 2.52. The van der Waals surface area contributed by atoms with Gasteiger partial charge in [-0.05, 0) is 29.8 Å². The molecule has 2 rings (SSSR count). The molecule has 0 saturated carbocycles. The molecule has 18 heavy (non-hydrogen) atoms. The zero-order valence-electron chi connectivity index (χ0n) is 9.71. The highest BCUT2D eigenvalue weighted by Gasteiger charge is 2.16. The second-order valence-corrected chi connectivity index (χ2v) is 4.90. The average molecular weight is 257 g/mol. The lowest BCUT2D eigenvalue weighted by Crippen LogP contribution is -1.90. The van der Waals surface area contributed by atoms with Gasteiger partial charge in [0.15, 0.2) is 0 Å². The monoisotopic (exact) mass is 257 g/mol. The van der Waals surface area contributed by atoms with Crippen molar-refractivity contribution >= 4 is 11.8 Å². The van der Waals surface area contributed by atoms with E-state index in [0.29, 0.717) is 0 Å². The zero-order chi connectivity index (χ0) is 12.8. The Labute approximate surface area is 110 Å². The molecule has 0 N–H and O–H groups in total. The Morgan fingerprint density at radius 2 is 1.72 bits per heavy atom.